The Morgan fingerprint density at radius 1 is 0.875 bits per heavy atom. The predicted molar refractivity (Wildman–Crippen MR) is 89.6 cm³/mol. The third-order valence-electron chi connectivity index (χ3n) is 3.31. The quantitative estimate of drug-likeness (QED) is 0.569. The molecule has 7 heteroatoms. The topological polar surface area (TPSA) is 64.5 Å². The Morgan fingerprint density at radius 2 is 1.71 bits per heavy atom. The summed E-state index contributed by atoms with van der Waals surface area (Å²) >= 11 is 1.44. The molecule has 0 aliphatic carbocycles. The first-order valence-corrected chi connectivity index (χ1v) is 7.92. The van der Waals surface area contributed by atoms with Crippen LogP contribution in [0.5, 0.6) is 0 Å². The Bertz CT molecular complexity index is 987. The van der Waals surface area contributed by atoms with E-state index in [1.165, 1.54) is 23.6 Å². The first-order chi connectivity index (χ1) is 11.8. The van der Waals surface area contributed by atoms with Crippen molar-refractivity contribution < 1.29 is 4.39 Å². The van der Waals surface area contributed by atoms with Gasteiger partial charge in [0.1, 0.15) is 16.5 Å². The van der Waals surface area contributed by atoms with Crippen molar-refractivity contribution in [3.05, 3.63) is 67.3 Å². The molecule has 0 saturated carbocycles. The van der Waals surface area contributed by atoms with Crippen LogP contribution in [0.4, 0.5) is 4.39 Å². The van der Waals surface area contributed by atoms with Crippen LogP contribution in [0.15, 0.2) is 61.4 Å². The van der Waals surface area contributed by atoms with Crippen LogP contribution in [0.25, 0.3) is 32.5 Å². The summed E-state index contributed by atoms with van der Waals surface area (Å²) in [5, 5.41) is 0.695. The van der Waals surface area contributed by atoms with Crippen LogP contribution in [0.3, 0.4) is 0 Å². The molecule has 0 spiro atoms. The highest BCUT2D eigenvalue weighted by Crippen LogP contribution is 2.35. The number of aromatic nitrogens is 5. The molecule has 0 radical (unpaired) electrons. The minimum atomic E-state index is -0.385. The first kappa shape index (κ1) is 14.5. The highest BCUT2D eigenvalue weighted by molar-refractivity contribution is 7.18. The number of thiazole rings is 1. The van der Waals surface area contributed by atoms with Crippen molar-refractivity contribution in [3.8, 4) is 32.5 Å². The molecule has 4 heterocycles. The summed E-state index contributed by atoms with van der Waals surface area (Å²) in [7, 11) is 0. The van der Waals surface area contributed by atoms with Gasteiger partial charge in [-0.15, -0.1) is 11.3 Å². The Labute approximate surface area is 141 Å². The van der Waals surface area contributed by atoms with Crippen molar-refractivity contribution >= 4 is 11.3 Å². The molecule has 0 saturated heterocycles. The molecule has 0 aromatic carbocycles. The van der Waals surface area contributed by atoms with E-state index in [0.29, 0.717) is 22.1 Å². The smallest absolute Gasteiger partial charge is 0.178 e. The average molecular weight is 335 g/mol. The van der Waals surface area contributed by atoms with E-state index in [1.54, 1.807) is 37.1 Å². The normalized spacial score (nSPS) is 10.7. The van der Waals surface area contributed by atoms with E-state index in [2.05, 4.69) is 24.9 Å². The molecule has 0 bridgehead atoms. The van der Waals surface area contributed by atoms with Crippen LogP contribution in [0.2, 0.25) is 0 Å². The molecule has 116 valence electrons. The minimum absolute atomic E-state index is 0.385. The number of rotatable bonds is 3. The number of halogens is 1. The van der Waals surface area contributed by atoms with Crippen molar-refractivity contribution in [3.63, 3.8) is 0 Å². The monoisotopic (exact) mass is 335 g/mol. The van der Waals surface area contributed by atoms with Gasteiger partial charge in [-0.25, -0.2) is 19.3 Å². The SMILES string of the molecule is Fc1cncc(-c2ncc(-c3cccnc3-c3ncccn3)s2)c1. The molecule has 0 aliphatic heterocycles. The third-order valence-corrected chi connectivity index (χ3v) is 4.39. The molecule has 0 N–H and O–H groups in total. The zero-order valence-corrected chi connectivity index (χ0v) is 13.1. The van der Waals surface area contributed by atoms with Gasteiger partial charge in [-0.1, -0.05) is 0 Å². The molecule has 0 atom stereocenters. The standard InChI is InChI=1S/C17H10FN5S/c18-12-7-11(8-19-9-12)17-23-10-14(24-17)13-3-1-4-20-15(13)16-21-5-2-6-22-16/h1-10H. The molecule has 0 fully saturated rings. The van der Waals surface area contributed by atoms with Gasteiger partial charge in [0, 0.05) is 42.1 Å². The lowest BCUT2D eigenvalue weighted by Crippen LogP contribution is -1.92. The summed E-state index contributed by atoms with van der Waals surface area (Å²) in [5.74, 6) is 0.166. The van der Waals surface area contributed by atoms with E-state index in [1.807, 2.05) is 12.1 Å². The number of hydrogen-bond acceptors (Lipinski definition) is 6. The maximum atomic E-state index is 13.4. The molecule has 4 aromatic heterocycles. The van der Waals surface area contributed by atoms with Gasteiger partial charge < -0.3 is 0 Å². The van der Waals surface area contributed by atoms with E-state index in [4.69, 9.17) is 0 Å². The van der Waals surface area contributed by atoms with Crippen LogP contribution in [-0.2, 0) is 0 Å². The van der Waals surface area contributed by atoms with Crippen LogP contribution in [0, 0.1) is 5.82 Å². The second-order valence-corrected chi connectivity index (χ2v) is 5.92. The lowest BCUT2D eigenvalue weighted by molar-refractivity contribution is 0.622. The summed E-state index contributed by atoms with van der Waals surface area (Å²) in [6.07, 6.45) is 9.57. The van der Waals surface area contributed by atoms with Crippen molar-refractivity contribution in [2.24, 2.45) is 0 Å². The molecule has 0 aliphatic rings. The van der Waals surface area contributed by atoms with Crippen LogP contribution in [0.1, 0.15) is 0 Å². The van der Waals surface area contributed by atoms with Crippen molar-refractivity contribution in [2.45, 2.75) is 0 Å². The van der Waals surface area contributed by atoms with Gasteiger partial charge in [-0.2, -0.15) is 0 Å². The average Bonchev–Trinajstić information content (AvgIpc) is 3.12. The van der Waals surface area contributed by atoms with Gasteiger partial charge in [0.2, 0.25) is 0 Å². The fraction of sp³-hybridized carbons (Fsp3) is 0. The van der Waals surface area contributed by atoms with Gasteiger partial charge >= 0.3 is 0 Å². The Morgan fingerprint density at radius 3 is 2.54 bits per heavy atom. The van der Waals surface area contributed by atoms with Gasteiger partial charge in [-0.05, 0) is 24.3 Å². The molecule has 4 aromatic rings. The predicted octanol–water partition coefficient (Wildman–Crippen LogP) is 3.86. The zero-order valence-electron chi connectivity index (χ0n) is 12.3. The molecule has 0 amide bonds. The highest BCUT2D eigenvalue weighted by atomic mass is 32.1. The molecule has 0 unspecified atom stereocenters. The molecular formula is C17H10FN5S. The Hall–Kier alpha value is -3.06. The number of nitrogens with zero attached hydrogens (tertiary/aromatic N) is 5. The fourth-order valence-electron chi connectivity index (χ4n) is 2.26. The van der Waals surface area contributed by atoms with Crippen LogP contribution < -0.4 is 0 Å². The second kappa shape index (κ2) is 6.21. The van der Waals surface area contributed by atoms with Gasteiger partial charge in [0.15, 0.2) is 5.82 Å². The van der Waals surface area contributed by atoms with Crippen molar-refractivity contribution in [1.82, 2.24) is 24.9 Å². The van der Waals surface area contributed by atoms with E-state index in [0.717, 1.165) is 10.4 Å². The van der Waals surface area contributed by atoms with E-state index in [-0.39, 0.29) is 5.82 Å². The molecule has 4 rings (SSSR count). The van der Waals surface area contributed by atoms with Crippen molar-refractivity contribution in [2.75, 3.05) is 0 Å². The Balaban J connectivity index is 1.79. The summed E-state index contributed by atoms with van der Waals surface area (Å²) in [6.45, 7) is 0. The van der Waals surface area contributed by atoms with Crippen LogP contribution >= 0.6 is 11.3 Å². The number of pyridine rings is 2. The van der Waals surface area contributed by atoms with Crippen molar-refractivity contribution in [1.29, 1.82) is 0 Å². The van der Waals surface area contributed by atoms with E-state index >= 15 is 0 Å². The van der Waals surface area contributed by atoms with E-state index in [9.17, 15) is 4.39 Å². The maximum Gasteiger partial charge on any atom is 0.178 e. The summed E-state index contributed by atoms with van der Waals surface area (Å²) in [6, 6.07) is 6.97. The van der Waals surface area contributed by atoms with Gasteiger partial charge in [0.05, 0.1) is 11.1 Å². The van der Waals surface area contributed by atoms with E-state index < -0.39 is 0 Å². The first-order valence-electron chi connectivity index (χ1n) is 7.11. The maximum absolute atomic E-state index is 13.4. The number of hydrogen-bond donors (Lipinski definition) is 0. The fourth-order valence-corrected chi connectivity index (χ4v) is 3.19. The van der Waals surface area contributed by atoms with Gasteiger partial charge in [-0.3, -0.25) is 9.97 Å². The highest BCUT2D eigenvalue weighted by Gasteiger charge is 2.14. The summed E-state index contributed by atoms with van der Waals surface area (Å²) < 4.78 is 13.4. The Kier molecular flexibility index (Phi) is 3.76. The lowest BCUT2D eigenvalue weighted by atomic mass is 10.1. The lowest BCUT2D eigenvalue weighted by Gasteiger charge is -2.04. The third kappa shape index (κ3) is 2.77. The molecule has 5 nitrogen and oxygen atoms in total. The molecule has 24 heavy (non-hydrogen) atoms. The minimum Gasteiger partial charge on any atom is -0.261 e. The summed E-state index contributed by atoms with van der Waals surface area (Å²) in [5.41, 5.74) is 2.22. The van der Waals surface area contributed by atoms with Gasteiger partial charge in [0.25, 0.3) is 0 Å². The molecular weight excluding hydrogens is 325 g/mol. The zero-order chi connectivity index (χ0) is 16.4. The largest absolute Gasteiger partial charge is 0.261 e. The second-order valence-electron chi connectivity index (χ2n) is 4.89. The van der Waals surface area contributed by atoms with Crippen LogP contribution in [-0.4, -0.2) is 24.9 Å². The summed E-state index contributed by atoms with van der Waals surface area (Å²) in [4.78, 5) is 22.1.